The Labute approximate surface area is 639 Å². The second-order valence-corrected chi connectivity index (χ2v) is 31.2. The largest absolute Gasteiger partial charge is 0.493 e. The number of rotatable bonds is 19. The van der Waals surface area contributed by atoms with E-state index in [9.17, 15) is 62.4 Å². The van der Waals surface area contributed by atoms with Crippen LogP contribution in [0.1, 0.15) is 102 Å². The summed E-state index contributed by atoms with van der Waals surface area (Å²) in [4.78, 5) is 76.5. The SMILES string of the molecule is CC(C)(C)CC(C)(C)NC(=O)NNc1nc(C(F)(F)F)nc2ccccc12.CS(=O)(=O)c1nc(NNC(=O)NC2CCCCC2)c2ccccc2n1.Cc1ccc(OCCCNC(=O)NNc2nc(C(F)(F)F)nc3ccccc23)c(C)c1.[C-]#[N+]c1cc(NNC(=O)Nc2ccc(Cl)cc2Cl)c(S(C)(=O)=O)cc1[N+]#[C-]. The van der Waals surface area contributed by atoms with Gasteiger partial charge in [0, 0.05) is 51.8 Å². The van der Waals surface area contributed by atoms with E-state index in [0.717, 1.165) is 61.1 Å². The summed E-state index contributed by atoms with van der Waals surface area (Å²) in [5, 5.41) is 12.4. The van der Waals surface area contributed by atoms with Crippen molar-refractivity contribution in [1.82, 2.24) is 67.6 Å². The highest BCUT2D eigenvalue weighted by molar-refractivity contribution is 7.91. The number of hydrogen-bond acceptors (Lipinski definition) is 19. The third kappa shape index (κ3) is 26.4. The lowest BCUT2D eigenvalue weighted by atomic mass is 9.82. The molecule has 6 aromatic carbocycles. The Hall–Kier alpha value is -11.5. The normalized spacial score (nSPS) is 12.4. The Balaban J connectivity index is 0.000000204. The number of para-hydroxylation sites is 3. The number of nitrogens with one attached hydrogen (secondary N) is 12. The quantitative estimate of drug-likeness (QED) is 0.0118. The van der Waals surface area contributed by atoms with Crippen molar-refractivity contribution in [2.45, 2.75) is 127 Å². The lowest BCUT2D eigenvalue weighted by molar-refractivity contribution is -0.145. The van der Waals surface area contributed by atoms with E-state index in [-0.39, 0.29) is 83.8 Å². The van der Waals surface area contributed by atoms with Gasteiger partial charge in [0.2, 0.25) is 26.6 Å². The molecule has 110 heavy (non-hydrogen) atoms. The first kappa shape index (κ1) is 85.7. The average Bonchev–Trinajstić information content (AvgIpc) is 0.813. The average molecular weight is 1600 g/mol. The minimum absolute atomic E-state index is 0.00528. The van der Waals surface area contributed by atoms with E-state index < -0.39 is 67.3 Å². The summed E-state index contributed by atoms with van der Waals surface area (Å²) in [5.41, 5.74) is 22.0. The van der Waals surface area contributed by atoms with Crippen molar-refractivity contribution in [2.24, 2.45) is 5.41 Å². The number of carbonyl (C=O) groups excluding carboxylic acids is 4. The fraction of sp³-hybridized carbons (Fsp3) is 0.324. The van der Waals surface area contributed by atoms with Gasteiger partial charge >= 0.3 is 36.5 Å². The van der Waals surface area contributed by atoms with Crippen LogP contribution in [0, 0.1) is 32.4 Å². The molecular weight excluding hydrogens is 1530 g/mol. The Bertz CT molecular complexity index is 5160. The molecule has 9 aromatic rings. The number of fused-ring (bicyclic) bond motifs is 3. The monoisotopic (exact) mass is 1600 g/mol. The molecule has 10 rings (SSSR count). The molecule has 1 saturated carbocycles. The predicted molar refractivity (Wildman–Crippen MR) is 408 cm³/mol. The first-order chi connectivity index (χ1) is 51.6. The summed E-state index contributed by atoms with van der Waals surface area (Å²) in [7, 11) is -7.29. The Morgan fingerprint density at radius 2 is 1.06 bits per heavy atom. The molecule has 1 aliphatic rings. The van der Waals surface area contributed by atoms with Crippen molar-refractivity contribution in [1.29, 1.82) is 0 Å². The molecule has 0 aliphatic heterocycles. The lowest BCUT2D eigenvalue weighted by Crippen LogP contribution is -2.51. The molecule has 0 radical (unpaired) electrons. The van der Waals surface area contributed by atoms with E-state index in [4.69, 9.17) is 41.1 Å². The molecule has 0 saturated heterocycles. The minimum atomic E-state index is -4.71. The van der Waals surface area contributed by atoms with Crippen LogP contribution in [0.15, 0.2) is 131 Å². The number of aromatic nitrogens is 6. The van der Waals surface area contributed by atoms with Gasteiger partial charge < -0.3 is 26.0 Å². The van der Waals surface area contributed by atoms with Crippen LogP contribution in [-0.2, 0) is 32.0 Å². The molecule has 0 atom stereocenters. The van der Waals surface area contributed by atoms with Gasteiger partial charge in [0.05, 0.1) is 57.6 Å². The Kier molecular flexibility index (Phi) is 29.2. The first-order valence-electron chi connectivity index (χ1n) is 33.3. The van der Waals surface area contributed by atoms with E-state index in [1.54, 1.807) is 60.7 Å². The van der Waals surface area contributed by atoms with Gasteiger partial charge in [-0.15, -0.1) is 0 Å². The number of aryl methyl sites for hydroxylation is 2. The van der Waals surface area contributed by atoms with Crippen molar-refractivity contribution in [2.75, 3.05) is 52.7 Å². The highest BCUT2D eigenvalue weighted by Gasteiger charge is 2.37. The van der Waals surface area contributed by atoms with Gasteiger partial charge in [0.25, 0.3) is 0 Å². The van der Waals surface area contributed by atoms with Gasteiger partial charge in [0.15, 0.2) is 38.7 Å². The van der Waals surface area contributed by atoms with Crippen LogP contribution < -0.4 is 69.4 Å². The number of anilines is 5. The molecule has 3 aromatic heterocycles. The topological polar surface area (TPSA) is 376 Å². The molecule has 1 aliphatic carbocycles. The van der Waals surface area contributed by atoms with Crippen LogP contribution in [0.5, 0.6) is 5.75 Å². The molecule has 0 unspecified atom stereocenters. The predicted octanol–water partition coefficient (Wildman–Crippen LogP) is 15.5. The Morgan fingerprint density at radius 3 is 1.56 bits per heavy atom. The molecule has 1 fully saturated rings. The van der Waals surface area contributed by atoms with Gasteiger partial charge in [-0.25, -0.2) is 60.9 Å². The summed E-state index contributed by atoms with van der Waals surface area (Å²) in [5.74, 6) is -1.82. The van der Waals surface area contributed by atoms with Crippen molar-refractivity contribution in [3.8, 4) is 5.75 Å². The van der Waals surface area contributed by atoms with Crippen LogP contribution in [0.25, 0.3) is 42.4 Å². The lowest BCUT2D eigenvalue weighted by Gasteiger charge is -2.33. The van der Waals surface area contributed by atoms with E-state index in [1.165, 1.54) is 42.8 Å². The molecule has 0 spiro atoms. The summed E-state index contributed by atoms with van der Waals surface area (Å²) >= 11 is 11.7. The molecule has 29 nitrogen and oxygen atoms in total. The van der Waals surface area contributed by atoms with Crippen LogP contribution in [0.3, 0.4) is 0 Å². The number of amides is 8. The smallest absolute Gasteiger partial charge is 0.451 e. The van der Waals surface area contributed by atoms with Crippen LogP contribution >= 0.6 is 23.2 Å². The number of urea groups is 4. The van der Waals surface area contributed by atoms with Crippen LogP contribution in [0.4, 0.5) is 85.7 Å². The number of nitrogens with zero attached hydrogens (tertiary/aromatic N) is 8. The van der Waals surface area contributed by atoms with Crippen molar-refractivity contribution >= 4 is 140 Å². The van der Waals surface area contributed by atoms with Gasteiger partial charge in [-0.1, -0.05) is 117 Å². The molecule has 0 bridgehead atoms. The fourth-order valence-electron chi connectivity index (χ4n) is 10.9. The zero-order valence-corrected chi connectivity index (χ0v) is 63.7. The summed E-state index contributed by atoms with van der Waals surface area (Å²) in [6.45, 7) is 28.7. The van der Waals surface area contributed by atoms with Gasteiger partial charge in [-0.2, -0.15) is 31.3 Å². The number of benzene rings is 6. The number of halogens is 8. The van der Waals surface area contributed by atoms with Crippen LogP contribution in [0.2, 0.25) is 10.0 Å². The van der Waals surface area contributed by atoms with Crippen molar-refractivity contribution < 1.29 is 67.1 Å². The number of ether oxygens (including phenoxy) is 1. The van der Waals surface area contributed by atoms with Gasteiger partial charge in [-0.05, 0) is 137 Å². The zero-order valence-electron chi connectivity index (χ0n) is 60.6. The van der Waals surface area contributed by atoms with E-state index in [0.29, 0.717) is 52.7 Å². The standard InChI is InChI=1S/C21H22F3N5O2.C18H24F3N5O.C16H11Cl2N5O3S.C16H21N5O3S/c1-13-8-9-17(14(2)12-13)31-11-5-10-25-20(30)29-28-18-15-6-3-4-7-16(15)26-19(27-18)21(22,23)24;1-16(2,3)10-17(4,5)24-15(27)26-25-13-11-8-6-7-9-12(11)22-14(23-13)18(19,20)21;1-19-12-7-14(15(27(3,25)26)8-13(12)20-2)22-23-16(24)21-11-5-4-9(17)6-10(11)18;1-25(23,24)16-18-13-10-6-5-9-12(13)14(19-16)20-21-15(22)17-11-7-3-2-4-8-11/h3-4,6-9,12H,5,10-11H2,1-2H3,(H2,25,29,30)(H,26,27,28);6-9H,10H2,1-5H3,(H,22,23,25)(H2,24,26,27);4-8,22H,3H3,(H2,21,23,24);5-6,9-11H,2-4,7-8H2,1H3,(H2,17,21,22)(H,18,19,20). The molecule has 39 heteroatoms. The van der Waals surface area contributed by atoms with E-state index in [1.807, 2.05) is 45.9 Å². The van der Waals surface area contributed by atoms with Gasteiger partial charge in [0.1, 0.15) is 5.75 Å². The van der Waals surface area contributed by atoms with Crippen LogP contribution in [-0.4, -0.2) is 108 Å². The number of hydrogen-bond donors (Lipinski definition) is 12. The maximum absolute atomic E-state index is 13.0. The summed E-state index contributed by atoms with van der Waals surface area (Å²) < 4.78 is 131. The fourth-order valence-corrected chi connectivity index (χ4v) is 12.7. The number of carbonyl (C=O) groups is 4. The highest BCUT2D eigenvalue weighted by atomic mass is 35.5. The first-order valence-corrected chi connectivity index (χ1v) is 37.9. The third-order valence-electron chi connectivity index (χ3n) is 15.3. The molecule has 3 heterocycles. The van der Waals surface area contributed by atoms with E-state index in [2.05, 4.69) is 125 Å². The Morgan fingerprint density at radius 1 is 0.564 bits per heavy atom. The molecule has 584 valence electrons. The number of alkyl halides is 6. The second kappa shape index (κ2) is 37.5. The second-order valence-electron chi connectivity index (χ2n) is 26.5. The zero-order chi connectivity index (χ0) is 80.9. The molecule has 12 N–H and O–H groups in total. The van der Waals surface area contributed by atoms with Gasteiger partial charge in [-0.3, -0.25) is 53.1 Å². The maximum Gasteiger partial charge on any atom is 0.451 e. The minimum Gasteiger partial charge on any atom is -0.493 e. The molecule has 8 amide bonds. The third-order valence-corrected chi connectivity index (χ3v) is 17.8. The maximum atomic E-state index is 13.0. The summed E-state index contributed by atoms with van der Waals surface area (Å²) in [6.07, 6.45) is -0.757. The molecular formula is C71H78Cl2F6N20O9S2. The van der Waals surface area contributed by atoms with Crippen molar-refractivity contribution in [3.05, 3.63) is 177 Å². The number of hydrazine groups is 4. The van der Waals surface area contributed by atoms with E-state index >= 15 is 0 Å². The summed E-state index contributed by atoms with van der Waals surface area (Å²) in [6, 6.07) is 29.9. The highest BCUT2D eigenvalue weighted by Crippen LogP contribution is 2.37. The van der Waals surface area contributed by atoms with Crippen molar-refractivity contribution in [3.63, 3.8) is 0 Å². The number of sulfone groups is 2.